The first kappa shape index (κ1) is 30.9. The number of ether oxygens (including phenoxy) is 2. The first-order chi connectivity index (χ1) is 19.9. The molecule has 1 saturated heterocycles. The Hall–Kier alpha value is -3.04. The molecule has 222 valence electrons. The van der Waals surface area contributed by atoms with Crippen LogP contribution in [0.15, 0.2) is 60.7 Å². The number of carbonyl (C=O) groups excluding carboxylic acids is 3. The van der Waals surface area contributed by atoms with Crippen molar-refractivity contribution in [3.63, 3.8) is 0 Å². The van der Waals surface area contributed by atoms with Crippen molar-refractivity contribution in [3.05, 3.63) is 71.8 Å². The number of carbonyl (C=O) groups is 3. The summed E-state index contributed by atoms with van der Waals surface area (Å²) in [5.41, 5.74) is 6.44. The van der Waals surface area contributed by atoms with Gasteiger partial charge in [0.05, 0.1) is 5.88 Å². The number of urea groups is 1. The number of hydrogen-bond donors (Lipinski definition) is 2. The van der Waals surface area contributed by atoms with Crippen molar-refractivity contribution in [2.24, 2.45) is 5.73 Å². The first-order valence-corrected chi connectivity index (χ1v) is 15.9. The monoisotopic (exact) mass is 581 g/mol. The van der Waals surface area contributed by atoms with Crippen LogP contribution >= 0.6 is 11.8 Å². The molecule has 2 aliphatic carbocycles. The summed E-state index contributed by atoms with van der Waals surface area (Å²) in [6.45, 7) is 1.31. The highest BCUT2D eigenvalue weighted by Gasteiger charge is 2.43. The minimum absolute atomic E-state index is 0.140. The van der Waals surface area contributed by atoms with Gasteiger partial charge in [-0.25, -0.2) is 9.59 Å². The Bertz CT molecular complexity index is 1110. The van der Waals surface area contributed by atoms with Gasteiger partial charge in [0.15, 0.2) is 0 Å². The molecule has 3 N–H and O–H groups in total. The van der Waals surface area contributed by atoms with E-state index in [1.54, 1.807) is 16.7 Å². The van der Waals surface area contributed by atoms with Crippen molar-refractivity contribution < 1.29 is 23.9 Å². The minimum atomic E-state index is -0.864. The number of benzene rings is 2. The Morgan fingerprint density at radius 2 is 1.27 bits per heavy atom. The number of nitrogens with zero attached hydrogens (tertiary/aromatic N) is 1. The molecule has 0 radical (unpaired) electrons. The van der Waals surface area contributed by atoms with E-state index < -0.39 is 11.1 Å². The zero-order valence-corrected chi connectivity index (χ0v) is 24.7. The van der Waals surface area contributed by atoms with Crippen molar-refractivity contribution in [2.75, 3.05) is 18.2 Å². The largest absolute Gasteiger partial charge is 0.459 e. The maximum atomic E-state index is 12.8. The molecule has 5 rings (SSSR count). The number of amides is 2. The summed E-state index contributed by atoms with van der Waals surface area (Å²) in [5, 5.41) is 3.01. The van der Waals surface area contributed by atoms with Gasteiger partial charge < -0.3 is 25.4 Å². The second kappa shape index (κ2) is 15.3. The summed E-state index contributed by atoms with van der Waals surface area (Å²) in [4.78, 5) is 39.0. The predicted molar refractivity (Wildman–Crippen MR) is 161 cm³/mol. The van der Waals surface area contributed by atoms with E-state index in [4.69, 9.17) is 15.2 Å². The molecule has 1 heterocycles. The van der Waals surface area contributed by atoms with E-state index in [0.717, 1.165) is 68.4 Å². The molecule has 3 fully saturated rings. The fourth-order valence-electron chi connectivity index (χ4n) is 5.51. The molecular weight excluding hydrogens is 538 g/mol. The maximum Gasteiger partial charge on any atom is 0.332 e. The van der Waals surface area contributed by atoms with E-state index in [1.807, 2.05) is 60.7 Å². The SMILES string of the molecule is NC1(C(=O)OCc2ccccc2)CCCCC1.O=C(NC1(C(=O)OCc2ccccc2)CCCCC1)N1CCSC1. The lowest BCUT2D eigenvalue weighted by molar-refractivity contribution is -0.154. The lowest BCUT2D eigenvalue weighted by atomic mass is 9.81. The molecule has 2 aromatic carbocycles. The number of hydrogen-bond acceptors (Lipinski definition) is 7. The summed E-state index contributed by atoms with van der Waals surface area (Å²) in [5.74, 6) is 1.10. The average Bonchev–Trinajstić information content (AvgIpc) is 3.56. The average molecular weight is 582 g/mol. The lowest BCUT2D eigenvalue weighted by Crippen LogP contribution is -2.59. The summed E-state index contributed by atoms with van der Waals surface area (Å²) >= 11 is 1.74. The second-order valence-electron chi connectivity index (χ2n) is 11.2. The Morgan fingerprint density at radius 3 is 1.78 bits per heavy atom. The topological polar surface area (TPSA) is 111 Å². The number of esters is 2. The Kier molecular flexibility index (Phi) is 11.5. The molecule has 0 bridgehead atoms. The first-order valence-electron chi connectivity index (χ1n) is 14.8. The van der Waals surface area contributed by atoms with Crippen molar-refractivity contribution in [2.45, 2.75) is 88.5 Å². The predicted octanol–water partition coefficient (Wildman–Crippen LogP) is 5.54. The van der Waals surface area contributed by atoms with Crippen LogP contribution in [0.2, 0.25) is 0 Å². The van der Waals surface area contributed by atoms with Crippen molar-refractivity contribution in [1.82, 2.24) is 10.2 Å². The third kappa shape index (κ3) is 8.97. The van der Waals surface area contributed by atoms with Gasteiger partial charge in [-0.05, 0) is 36.8 Å². The normalized spacial score (nSPS) is 19.3. The summed E-state index contributed by atoms with van der Waals surface area (Å²) in [6.07, 6.45) is 9.02. The van der Waals surface area contributed by atoms with Crippen LogP contribution < -0.4 is 11.1 Å². The Labute approximate surface area is 247 Å². The maximum absolute atomic E-state index is 12.8. The quantitative estimate of drug-likeness (QED) is 0.413. The number of rotatable bonds is 7. The summed E-state index contributed by atoms with van der Waals surface area (Å²) in [6, 6.07) is 19.2. The van der Waals surface area contributed by atoms with Crippen molar-refractivity contribution in [1.29, 1.82) is 0 Å². The molecule has 8 nitrogen and oxygen atoms in total. The standard InChI is InChI=1S/C18H24N2O3S.C14H19NO2/c21-16(23-13-15-7-3-1-4-8-15)18(9-5-2-6-10-18)19-17(22)20-11-12-24-14-20;15-14(9-5-2-6-10-14)13(16)17-11-12-7-3-1-4-8-12/h1,3-4,7-8H,2,5-6,9-14H2,(H,19,22);1,3-4,7-8H,2,5-6,9-11,15H2. The second-order valence-corrected chi connectivity index (χ2v) is 12.3. The Balaban J connectivity index is 0.000000201. The van der Waals surface area contributed by atoms with Gasteiger partial charge in [0, 0.05) is 12.3 Å². The highest BCUT2D eigenvalue weighted by molar-refractivity contribution is 7.99. The van der Waals surface area contributed by atoms with E-state index in [-0.39, 0.29) is 24.6 Å². The van der Waals surface area contributed by atoms with Gasteiger partial charge in [-0.2, -0.15) is 0 Å². The van der Waals surface area contributed by atoms with Gasteiger partial charge in [0.25, 0.3) is 0 Å². The van der Waals surface area contributed by atoms with Gasteiger partial charge in [-0.1, -0.05) is 99.2 Å². The van der Waals surface area contributed by atoms with Crippen LogP contribution in [0.3, 0.4) is 0 Å². The van der Waals surface area contributed by atoms with Crippen LogP contribution in [0.5, 0.6) is 0 Å². The molecule has 2 amide bonds. The molecule has 41 heavy (non-hydrogen) atoms. The van der Waals surface area contributed by atoms with E-state index in [9.17, 15) is 14.4 Å². The molecule has 0 unspecified atom stereocenters. The smallest absolute Gasteiger partial charge is 0.332 e. The van der Waals surface area contributed by atoms with Gasteiger partial charge in [0.1, 0.15) is 24.3 Å². The van der Waals surface area contributed by atoms with Gasteiger partial charge in [0.2, 0.25) is 0 Å². The molecule has 9 heteroatoms. The third-order valence-electron chi connectivity index (χ3n) is 8.06. The van der Waals surface area contributed by atoms with Gasteiger partial charge in [-0.15, -0.1) is 11.8 Å². The summed E-state index contributed by atoms with van der Waals surface area (Å²) in [7, 11) is 0. The van der Waals surface area contributed by atoms with Crippen molar-refractivity contribution >= 4 is 29.7 Å². The highest BCUT2D eigenvalue weighted by Crippen LogP contribution is 2.31. The van der Waals surface area contributed by atoms with Gasteiger partial charge in [-0.3, -0.25) is 4.79 Å². The molecular formula is C32H43N3O5S. The van der Waals surface area contributed by atoms with E-state index in [0.29, 0.717) is 25.3 Å². The minimum Gasteiger partial charge on any atom is -0.459 e. The third-order valence-corrected chi connectivity index (χ3v) is 9.03. The van der Waals surface area contributed by atoms with Crippen LogP contribution in [0.1, 0.15) is 75.3 Å². The molecule has 0 spiro atoms. The van der Waals surface area contributed by atoms with Crippen LogP contribution in [0.4, 0.5) is 4.79 Å². The van der Waals surface area contributed by atoms with Crippen molar-refractivity contribution in [3.8, 4) is 0 Å². The van der Waals surface area contributed by atoms with E-state index in [2.05, 4.69) is 5.32 Å². The number of nitrogens with two attached hydrogens (primary N) is 1. The van der Waals surface area contributed by atoms with Crippen LogP contribution in [-0.4, -0.2) is 52.1 Å². The fraction of sp³-hybridized carbons (Fsp3) is 0.531. The van der Waals surface area contributed by atoms with Crippen LogP contribution in [0, 0.1) is 0 Å². The zero-order chi connectivity index (χ0) is 29.0. The van der Waals surface area contributed by atoms with Crippen LogP contribution in [-0.2, 0) is 32.3 Å². The summed E-state index contributed by atoms with van der Waals surface area (Å²) < 4.78 is 10.9. The Morgan fingerprint density at radius 1 is 0.756 bits per heavy atom. The molecule has 2 saturated carbocycles. The zero-order valence-electron chi connectivity index (χ0n) is 23.9. The van der Waals surface area contributed by atoms with Gasteiger partial charge >= 0.3 is 18.0 Å². The molecule has 1 aliphatic heterocycles. The number of nitrogens with one attached hydrogen (secondary N) is 1. The lowest BCUT2D eigenvalue weighted by Gasteiger charge is -2.36. The number of thioether (sulfide) groups is 1. The molecule has 3 aliphatic rings. The van der Waals surface area contributed by atoms with E-state index >= 15 is 0 Å². The highest BCUT2D eigenvalue weighted by atomic mass is 32.2. The van der Waals surface area contributed by atoms with Crippen LogP contribution in [0.25, 0.3) is 0 Å². The molecule has 2 aromatic rings. The molecule has 0 atom stereocenters. The fourth-order valence-corrected chi connectivity index (χ4v) is 6.45. The molecule has 0 aromatic heterocycles. The van der Waals surface area contributed by atoms with E-state index in [1.165, 1.54) is 6.42 Å².